The second-order valence-corrected chi connectivity index (χ2v) is 12.1. The lowest BCUT2D eigenvalue weighted by atomic mass is 9.88. The number of alkyl carbamates (subject to hydrolysis) is 1. The molecule has 0 fully saturated rings. The summed E-state index contributed by atoms with van der Waals surface area (Å²) in [5.74, 6) is -0.661. The van der Waals surface area contributed by atoms with Crippen molar-refractivity contribution in [2.24, 2.45) is 5.92 Å². The summed E-state index contributed by atoms with van der Waals surface area (Å²) < 4.78 is 5.51. The molecule has 3 unspecified atom stereocenters. The lowest BCUT2D eigenvalue weighted by Gasteiger charge is -2.45. The largest absolute Gasteiger partial charge is 0.444 e. The number of benzene rings is 1. The predicted molar refractivity (Wildman–Crippen MR) is 155 cm³/mol. The summed E-state index contributed by atoms with van der Waals surface area (Å²) in [5.41, 5.74) is 1.46. The summed E-state index contributed by atoms with van der Waals surface area (Å²) in [4.78, 5) is 42.9. The van der Waals surface area contributed by atoms with Gasteiger partial charge in [-0.15, -0.1) is 0 Å². The Balaban J connectivity index is 3.67. The zero-order chi connectivity index (χ0) is 29.3. The minimum atomic E-state index is -0.846. The number of carbonyl (C=O) groups excluding carboxylic acids is 3. The van der Waals surface area contributed by atoms with Crippen LogP contribution in [0.4, 0.5) is 4.79 Å². The molecule has 0 saturated carbocycles. The van der Waals surface area contributed by atoms with Crippen molar-refractivity contribution in [1.29, 1.82) is 0 Å². The highest BCUT2D eigenvalue weighted by atomic mass is 16.6. The summed E-state index contributed by atoms with van der Waals surface area (Å²) in [6.07, 6.45) is 3.61. The molecule has 216 valence electrons. The average Bonchev–Trinajstić information content (AvgIpc) is 2.82. The van der Waals surface area contributed by atoms with Crippen molar-refractivity contribution in [3.63, 3.8) is 0 Å². The number of ether oxygens (including phenoxy) is 1. The number of aryl methyl sites for hydroxylation is 2. The third-order valence-corrected chi connectivity index (χ3v) is 7.21. The normalized spacial score (nSPS) is 14.3. The van der Waals surface area contributed by atoms with Gasteiger partial charge < -0.3 is 20.3 Å². The van der Waals surface area contributed by atoms with Gasteiger partial charge in [-0.1, -0.05) is 70.7 Å². The highest BCUT2D eigenvalue weighted by molar-refractivity contribution is 5.93. The zero-order valence-corrected chi connectivity index (χ0v) is 25.8. The van der Waals surface area contributed by atoms with Crippen LogP contribution >= 0.6 is 0 Å². The van der Waals surface area contributed by atoms with Gasteiger partial charge in [0.25, 0.3) is 0 Å². The van der Waals surface area contributed by atoms with Gasteiger partial charge in [-0.2, -0.15) is 0 Å². The molecule has 0 aliphatic carbocycles. The van der Waals surface area contributed by atoms with Crippen LogP contribution in [0, 0.1) is 19.8 Å². The maximum absolute atomic E-state index is 14.5. The van der Waals surface area contributed by atoms with Gasteiger partial charge in [0.1, 0.15) is 17.7 Å². The summed E-state index contributed by atoms with van der Waals surface area (Å²) >= 11 is 0. The number of nitrogens with one attached hydrogen (secondary N) is 2. The summed E-state index contributed by atoms with van der Waals surface area (Å²) in [5, 5.41) is 5.94. The number of hydrogen-bond donors (Lipinski definition) is 2. The van der Waals surface area contributed by atoms with Crippen LogP contribution in [0.25, 0.3) is 0 Å². The lowest BCUT2D eigenvalue weighted by molar-refractivity contribution is -0.150. The number of rotatable bonds is 13. The molecule has 3 atom stereocenters. The Kier molecular flexibility index (Phi) is 12.8. The number of amides is 3. The minimum Gasteiger partial charge on any atom is -0.444 e. The van der Waals surface area contributed by atoms with Crippen molar-refractivity contribution in [3.05, 3.63) is 34.9 Å². The zero-order valence-electron chi connectivity index (χ0n) is 25.8. The molecule has 0 spiro atoms. The fourth-order valence-corrected chi connectivity index (χ4v) is 4.43. The maximum Gasteiger partial charge on any atom is 0.408 e. The molecule has 0 aliphatic heterocycles. The fraction of sp³-hybridized carbons (Fsp3) is 0.710. The Morgan fingerprint density at radius 1 is 1.00 bits per heavy atom. The van der Waals surface area contributed by atoms with Crippen molar-refractivity contribution in [2.75, 3.05) is 6.54 Å². The molecule has 1 aromatic carbocycles. The third kappa shape index (κ3) is 9.63. The van der Waals surface area contributed by atoms with E-state index in [0.29, 0.717) is 19.4 Å². The molecule has 2 N–H and O–H groups in total. The summed E-state index contributed by atoms with van der Waals surface area (Å²) in [6.45, 7) is 21.9. The van der Waals surface area contributed by atoms with Crippen molar-refractivity contribution in [3.8, 4) is 0 Å². The van der Waals surface area contributed by atoms with E-state index in [2.05, 4.69) is 17.6 Å². The van der Waals surface area contributed by atoms with E-state index >= 15 is 0 Å². The maximum atomic E-state index is 14.5. The highest BCUT2D eigenvalue weighted by Crippen LogP contribution is 2.34. The molecular weight excluding hydrogens is 478 g/mol. The van der Waals surface area contributed by atoms with E-state index in [1.165, 1.54) is 0 Å². The Morgan fingerprint density at radius 2 is 1.63 bits per heavy atom. The average molecular weight is 532 g/mol. The van der Waals surface area contributed by atoms with Gasteiger partial charge in [0, 0.05) is 12.1 Å². The number of carbonyl (C=O) groups is 3. The molecule has 0 heterocycles. The van der Waals surface area contributed by atoms with Crippen molar-refractivity contribution in [1.82, 2.24) is 15.5 Å². The molecular formula is C31H53N3O4. The smallest absolute Gasteiger partial charge is 0.408 e. The minimum absolute atomic E-state index is 0.169. The second-order valence-electron chi connectivity index (χ2n) is 12.1. The predicted octanol–water partition coefficient (Wildman–Crippen LogP) is 6.61. The van der Waals surface area contributed by atoms with E-state index in [-0.39, 0.29) is 17.7 Å². The van der Waals surface area contributed by atoms with Crippen LogP contribution in [0.2, 0.25) is 0 Å². The molecule has 7 nitrogen and oxygen atoms in total. The van der Waals surface area contributed by atoms with Crippen molar-refractivity contribution in [2.45, 2.75) is 131 Å². The Morgan fingerprint density at radius 3 is 2.13 bits per heavy atom. The first-order chi connectivity index (χ1) is 17.6. The molecule has 1 rings (SSSR count). The fourth-order valence-electron chi connectivity index (χ4n) is 4.43. The summed E-state index contributed by atoms with van der Waals surface area (Å²) in [7, 11) is 0. The van der Waals surface area contributed by atoms with Gasteiger partial charge in [-0.3, -0.25) is 9.59 Å². The van der Waals surface area contributed by atoms with Gasteiger partial charge in [0.2, 0.25) is 11.8 Å². The van der Waals surface area contributed by atoms with Crippen LogP contribution in [-0.2, 0) is 14.3 Å². The van der Waals surface area contributed by atoms with Gasteiger partial charge in [-0.05, 0) is 78.4 Å². The molecule has 38 heavy (non-hydrogen) atoms. The number of hydrogen-bond acceptors (Lipinski definition) is 4. The molecule has 0 aliphatic rings. The van der Waals surface area contributed by atoms with Crippen molar-refractivity contribution >= 4 is 17.9 Å². The van der Waals surface area contributed by atoms with Crippen LogP contribution in [-0.4, -0.2) is 46.5 Å². The third-order valence-electron chi connectivity index (χ3n) is 7.21. The topological polar surface area (TPSA) is 87.7 Å². The number of nitrogens with zero attached hydrogens (tertiary/aromatic N) is 1. The van der Waals surface area contributed by atoms with Gasteiger partial charge in [0.05, 0.1) is 0 Å². The molecule has 3 amide bonds. The lowest BCUT2D eigenvalue weighted by Crippen LogP contribution is -2.60. The van der Waals surface area contributed by atoms with Gasteiger partial charge in [-0.25, -0.2) is 4.79 Å². The van der Waals surface area contributed by atoms with Crippen LogP contribution in [0.15, 0.2) is 18.2 Å². The van der Waals surface area contributed by atoms with Crippen molar-refractivity contribution < 1.29 is 19.1 Å². The van der Waals surface area contributed by atoms with Crippen LogP contribution in [0.1, 0.15) is 117 Å². The Bertz CT molecular complexity index is 936. The van der Waals surface area contributed by atoms with E-state index in [0.717, 1.165) is 36.0 Å². The first kappa shape index (κ1) is 33.5. The van der Waals surface area contributed by atoms with E-state index in [1.807, 2.05) is 66.7 Å². The van der Waals surface area contributed by atoms with E-state index in [1.54, 1.807) is 25.7 Å². The molecule has 0 saturated heterocycles. The van der Waals surface area contributed by atoms with Gasteiger partial charge in [0.15, 0.2) is 0 Å². The first-order valence-corrected chi connectivity index (χ1v) is 14.3. The quantitative estimate of drug-likeness (QED) is 0.280. The van der Waals surface area contributed by atoms with E-state index < -0.39 is 29.3 Å². The highest BCUT2D eigenvalue weighted by Gasteiger charge is 2.44. The number of unbranched alkanes of at least 4 members (excludes halogenated alkanes) is 2. The molecule has 1 aromatic rings. The molecule has 7 heteroatoms. The SMILES string of the molecule is CCCCCNC(=O)C(c1ccc(C)cc1C)N(C(=O)C(NC(=O)OC(C)(C)C)C(C)CC)C(C)(C)CC. The molecule has 0 bridgehead atoms. The first-order valence-electron chi connectivity index (χ1n) is 14.3. The monoisotopic (exact) mass is 531 g/mol. The van der Waals surface area contributed by atoms with Crippen LogP contribution in [0.3, 0.4) is 0 Å². The summed E-state index contributed by atoms with van der Waals surface area (Å²) in [6, 6.07) is 4.28. The van der Waals surface area contributed by atoms with E-state index in [9.17, 15) is 14.4 Å². The van der Waals surface area contributed by atoms with Crippen LogP contribution < -0.4 is 10.6 Å². The molecule has 0 radical (unpaired) electrons. The standard InChI is InChI=1S/C31H53N3O4/c1-12-15-16-19-32-27(35)26(24-18-17-21(4)20-23(24)6)34(31(10,11)14-3)28(36)25(22(5)13-2)33-29(37)38-30(7,8)9/h17-18,20,22,25-26H,12-16,19H2,1-11H3,(H,32,35)(H,33,37). The Hall–Kier alpha value is -2.57. The van der Waals surface area contributed by atoms with Gasteiger partial charge >= 0.3 is 6.09 Å². The second kappa shape index (κ2) is 14.5. The van der Waals surface area contributed by atoms with Crippen LogP contribution in [0.5, 0.6) is 0 Å². The Labute approximate surface area is 231 Å². The molecule has 0 aromatic heterocycles. The van der Waals surface area contributed by atoms with E-state index in [4.69, 9.17) is 4.74 Å².